The molecule has 0 aliphatic carbocycles. The Balaban J connectivity index is 2.71. The van der Waals surface area contributed by atoms with Gasteiger partial charge in [0.05, 0.1) is 6.04 Å². The van der Waals surface area contributed by atoms with Gasteiger partial charge in [-0.1, -0.05) is 0 Å². The zero-order chi connectivity index (χ0) is 13.9. The highest BCUT2D eigenvalue weighted by Crippen LogP contribution is 2.20. The van der Waals surface area contributed by atoms with Crippen molar-refractivity contribution in [1.82, 2.24) is 10.3 Å². The van der Waals surface area contributed by atoms with E-state index in [9.17, 15) is 4.79 Å². The molecule has 1 heterocycles. The normalized spacial score (nSPS) is 13.0. The highest BCUT2D eigenvalue weighted by molar-refractivity contribution is 14.1. The largest absolute Gasteiger partial charge is 0.444 e. The summed E-state index contributed by atoms with van der Waals surface area (Å²) in [6.45, 7) is 9.38. The van der Waals surface area contributed by atoms with Crippen LogP contribution < -0.4 is 5.32 Å². The fourth-order valence-corrected chi connectivity index (χ4v) is 2.47. The molecule has 1 aromatic heterocycles. The Morgan fingerprint density at radius 1 is 1.50 bits per heavy atom. The summed E-state index contributed by atoms with van der Waals surface area (Å²) in [4.78, 5) is 15.9. The number of nitrogens with zero attached hydrogens (tertiary/aromatic N) is 1. The second kappa shape index (κ2) is 5.86. The predicted molar refractivity (Wildman–Crippen MR) is 79.5 cm³/mol. The van der Waals surface area contributed by atoms with Gasteiger partial charge in [0.1, 0.15) is 5.60 Å². The zero-order valence-corrected chi connectivity index (χ0v) is 13.5. The number of hydrogen-bond acceptors (Lipinski definition) is 3. The lowest BCUT2D eigenvalue weighted by atomic mass is 10.1. The Morgan fingerprint density at radius 2 is 2.11 bits per heavy atom. The van der Waals surface area contributed by atoms with Gasteiger partial charge >= 0.3 is 6.09 Å². The third-order valence-electron chi connectivity index (χ3n) is 2.22. The minimum Gasteiger partial charge on any atom is -0.444 e. The number of hydrogen-bond donors (Lipinski definition) is 1. The van der Waals surface area contributed by atoms with E-state index in [-0.39, 0.29) is 6.04 Å². The van der Waals surface area contributed by atoms with Crippen molar-refractivity contribution in [2.24, 2.45) is 0 Å². The van der Waals surface area contributed by atoms with E-state index >= 15 is 0 Å². The number of alkyl carbamates (subject to hydrolysis) is 1. The molecule has 100 valence electrons. The third kappa shape index (κ3) is 4.80. The molecule has 0 radical (unpaired) electrons. The van der Waals surface area contributed by atoms with Crippen molar-refractivity contribution in [2.45, 2.75) is 46.3 Å². The van der Waals surface area contributed by atoms with E-state index in [0.29, 0.717) is 0 Å². The molecule has 0 spiro atoms. The maximum atomic E-state index is 11.7. The van der Waals surface area contributed by atoms with E-state index in [2.05, 4.69) is 32.9 Å². The van der Waals surface area contributed by atoms with Gasteiger partial charge in [-0.05, 0) is 63.3 Å². The van der Waals surface area contributed by atoms with Crippen LogP contribution in [0.2, 0.25) is 0 Å². The Hall–Kier alpha value is -0.850. The quantitative estimate of drug-likeness (QED) is 0.819. The number of amides is 1. The van der Waals surface area contributed by atoms with Crippen LogP contribution in [-0.4, -0.2) is 16.7 Å². The minimum atomic E-state index is -0.484. The molecule has 0 saturated heterocycles. The number of aryl methyl sites for hydroxylation is 1. The van der Waals surface area contributed by atoms with Crippen molar-refractivity contribution in [1.29, 1.82) is 0 Å². The average molecular weight is 362 g/mol. The molecule has 0 saturated carbocycles. The first-order chi connectivity index (χ1) is 8.19. The third-order valence-corrected chi connectivity index (χ3v) is 3.15. The maximum Gasteiger partial charge on any atom is 0.408 e. The Kier molecular flexibility index (Phi) is 4.95. The van der Waals surface area contributed by atoms with Crippen LogP contribution >= 0.6 is 22.6 Å². The van der Waals surface area contributed by atoms with Gasteiger partial charge in [0, 0.05) is 21.0 Å². The van der Waals surface area contributed by atoms with Gasteiger partial charge in [-0.15, -0.1) is 0 Å². The Bertz CT molecular complexity index is 441. The Labute approximate surface area is 122 Å². The zero-order valence-electron chi connectivity index (χ0n) is 11.4. The van der Waals surface area contributed by atoms with E-state index in [1.807, 2.05) is 40.7 Å². The van der Waals surface area contributed by atoms with Crippen molar-refractivity contribution in [2.75, 3.05) is 0 Å². The van der Waals surface area contributed by atoms with E-state index in [1.54, 1.807) is 6.20 Å². The number of carbonyl (C=O) groups excluding carboxylic acids is 1. The van der Waals surface area contributed by atoms with Crippen molar-refractivity contribution < 1.29 is 9.53 Å². The highest BCUT2D eigenvalue weighted by Gasteiger charge is 2.19. The topological polar surface area (TPSA) is 51.2 Å². The van der Waals surface area contributed by atoms with Crippen molar-refractivity contribution in [3.8, 4) is 0 Å². The summed E-state index contributed by atoms with van der Waals surface area (Å²) in [5.41, 5.74) is 1.47. The lowest BCUT2D eigenvalue weighted by Crippen LogP contribution is -2.34. The van der Waals surface area contributed by atoms with Gasteiger partial charge < -0.3 is 10.1 Å². The summed E-state index contributed by atoms with van der Waals surface area (Å²) < 4.78 is 6.31. The van der Waals surface area contributed by atoms with E-state index in [4.69, 9.17) is 4.74 Å². The average Bonchev–Trinajstić information content (AvgIpc) is 2.13. The number of carbonyl (C=O) groups is 1. The molecule has 0 aromatic carbocycles. The van der Waals surface area contributed by atoms with Crippen molar-refractivity contribution in [3.05, 3.63) is 27.1 Å². The number of pyridine rings is 1. The number of ether oxygens (including phenoxy) is 1. The maximum absolute atomic E-state index is 11.7. The van der Waals surface area contributed by atoms with Crippen LogP contribution in [-0.2, 0) is 4.74 Å². The van der Waals surface area contributed by atoms with Gasteiger partial charge in [-0.3, -0.25) is 4.98 Å². The molecular formula is C13H19IN2O2. The second-order valence-corrected chi connectivity index (χ2v) is 6.38. The summed E-state index contributed by atoms with van der Waals surface area (Å²) in [5, 5.41) is 2.81. The van der Waals surface area contributed by atoms with Crippen LogP contribution in [0.3, 0.4) is 0 Å². The first-order valence-electron chi connectivity index (χ1n) is 5.80. The molecule has 1 rings (SSSR count). The van der Waals surface area contributed by atoms with E-state index < -0.39 is 11.7 Å². The molecular weight excluding hydrogens is 343 g/mol. The molecule has 1 atom stereocenters. The van der Waals surface area contributed by atoms with Gasteiger partial charge in [-0.25, -0.2) is 4.79 Å². The molecule has 1 N–H and O–H groups in total. The van der Waals surface area contributed by atoms with Crippen LogP contribution in [0.25, 0.3) is 0 Å². The highest BCUT2D eigenvalue weighted by atomic mass is 127. The molecule has 1 unspecified atom stereocenters. The molecule has 4 nitrogen and oxygen atoms in total. The number of nitrogens with one attached hydrogen (secondary N) is 1. The smallest absolute Gasteiger partial charge is 0.408 e. The lowest BCUT2D eigenvalue weighted by molar-refractivity contribution is 0.0507. The van der Waals surface area contributed by atoms with Crippen LogP contribution in [0.1, 0.15) is 45.0 Å². The van der Waals surface area contributed by atoms with Crippen LogP contribution in [0.15, 0.2) is 12.3 Å². The number of aromatic nitrogens is 1. The standard InChI is InChI=1S/C13H19IN2O2/c1-8-6-11(14)10(7-15-8)9(2)16-12(17)18-13(3,4)5/h6-7,9H,1-5H3,(H,16,17). The van der Waals surface area contributed by atoms with Gasteiger partial charge in [0.25, 0.3) is 0 Å². The minimum absolute atomic E-state index is 0.125. The molecule has 0 fully saturated rings. The predicted octanol–water partition coefficient (Wildman–Crippen LogP) is 3.58. The molecule has 1 aromatic rings. The second-order valence-electron chi connectivity index (χ2n) is 5.22. The van der Waals surface area contributed by atoms with E-state index in [1.165, 1.54) is 0 Å². The number of halogens is 1. The molecule has 1 amide bonds. The van der Waals surface area contributed by atoms with Gasteiger partial charge in [0.15, 0.2) is 0 Å². The first kappa shape index (κ1) is 15.2. The Morgan fingerprint density at radius 3 is 2.61 bits per heavy atom. The van der Waals surface area contributed by atoms with E-state index in [0.717, 1.165) is 14.8 Å². The van der Waals surface area contributed by atoms with Gasteiger partial charge in [0.2, 0.25) is 0 Å². The van der Waals surface area contributed by atoms with Crippen LogP contribution in [0, 0.1) is 10.5 Å². The summed E-state index contributed by atoms with van der Waals surface area (Å²) in [7, 11) is 0. The van der Waals surface area contributed by atoms with Crippen molar-refractivity contribution in [3.63, 3.8) is 0 Å². The SMILES string of the molecule is Cc1cc(I)c(C(C)NC(=O)OC(C)(C)C)cn1. The summed E-state index contributed by atoms with van der Waals surface area (Å²) in [5.74, 6) is 0. The van der Waals surface area contributed by atoms with Crippen molar-refractivity contribution >= 4 is 28.7 Å². The molecule has 5 heteroatoms. The molecule has 0 aliphatic heterocycles. The van der Waals surface area contributed by atoms with Crippen LogP contribution in [0.4, 0.5) is 4.79 Å². The molecule has 0 aliphatic rings. The first-order valence-corrected chi connectivity index (χ1v) is 6.88. The number of rotatable bonds is 2. The lowest BCUT2D eigenvalue weighted by Gasteiger charge is -2.22. The monoisotopic (exact) mass is 362 g/mol. The fraction of sp³-hybridized carbons (Fsp3) is 0.538. The van der Waals surface area contributed by atoms with Crippen LogP contribution in [0.5, 0.6) is 0 Å². The fourth-order valence-electron chi connectivity index (χ4n) is 1.42. The molecule has 0 bridgehead atoms. The summed E-state index contributed by atoms with van der Waals surface area (Å²) >= 11 is 2.24. The molecule has 18 heavy (non-hydrogen) atoms. The van der Waals surface area contributed by atoms with Gasteiger partial charge in [-0.2, -0.15) is 0 Å². The summed E-state index contributed by atoms with van der Waals surface area (Å²) in [6, 6.07) is 1.86. The summed E-state index contributed by atoms with van der Waals surface area (Å²) in [6.07, 6.45) is 1.38.